The molecule has 2 unspecified atom stereocenters. The first-order chi connectivity index (χ1) is 8.22. The molecule has 3 heteroatoms. The van der Waals surface area contributed by atoms with Gasteiger partial charge in [0.15, 0.2) is 0 Å². The largest absolute Gasteiger partial charge is 0.469 e. The number of hydrogen-bond donors (Lipinski definition) is 0. The smallest absolute Gasteiger partial charge is 0.309 e. The SMILES string of the molecule is COC(=O)C1CCC(=O)CC1c1ccccc1. The number of hydrogen-bond acceptors (Lipinski definition) is 3. The maximum atomic E-state index is 11.7. The van der Waals surface area contributed by atoms with Crippen molar-refractivity contribution in [1.29, 1.82) is 0 Å². The molecule has 1 aliphatic rings. The number of rotatable bonds is 2. The van der Waals surface area contributed by atoms with Crippen molar-refractivity contribution >= 4 is 11.8 Å². The molecule has 0 saturated heterocycles. The quantitative estimate of drug-likeness (QED) is 0.735. The predicted molar refractivity (Wildman–Crippen MR) is 63.5 cm³/mol. The van der Waals surface area contributed by atoms with Gasteiger partial charge in [-0.1, -0.05) is 30.3 Å². The zero-order chi connectivity index (χ0) is 12.3. The Morgan fingerprint density at radius 3 is 2.65 bits per heavy atom. The molecule has 0 aromatic heterocycles. The van der Waals surface area contributed by atoms with Gasteiger partial charge in [-0.2, -0.15) is 0 Å². The summed E-state index contributed by atoms with van der Waals surface area (Å²) in [4.78, 5) is 23.3. The molecular weight excluding hydrogens is 216 g/mol. The third-order valence-corrected chi connectivity index (χ3v) is 3.40. The van der Waals surface area contributed by atoms with Crippen LogP contribution < -0.4 is 0 Å². The van der Waals surface area contributed by atoms with Gasteiger partial charge in [-0.3, -0.25) is 9.59 Å². The van der Waals surface area contributed by atoms with Gasteiger partial charge in [-0.25, -0.2) is 0 Å². The number of ketones is 1. The van der Waals surface area contributed by atoms with Gasteiger partial charge >= 0.3 is 5.97 Å². The number of ether oxygens (including phenoxy) is 1. The summed E-state index contributed by atoms with van der Waals surface area (Å²) in [5, 5.41) is 0. The maximum absolute atomic E-state index is 11.7. The Hall–Kier alpha value is -1.64. The minimum Gasteiger partial charge on any atom is -0.469 e. The summed E-state index contributed by atoms with van der Waals surface area (Å²) in [5.74, 6) is -0.171. The zero-order valence-electron chi connectivity index (χ0n) is 9.89. The topological polar surface area (TPSA) is 43.4 Å². The van der Waals surface area contributed by atoms with Crippen LogP contribution in [0.15, 0.2) is 30.3 Å². The van der Waals surface area contributed by atoms with Crippen LogP contribution in [0.3, 0.4) is 0 Å². The zero-order valence-corrected chi connectivity index (χ0v) is 9.89. The lowest BCUT2D eigenvalue weighted by Gasteiger charge is -2.29. The van der Waals surface area contributed by atoms with Crippen LogP contribution >= 0.6 is 0 Å². The molecule has 2 atom stereocenters. The maximum Gasteiger partial charge on any atom is 0.309 e. The third kappa shape index (κ3) is 2.54. The highest BCUT2D eigenvalue weighted by atomic mass is 16.5. The van der Waals surface area contributed by atoms with Crippen LogP contribution in [-0.2, 0) is 14.3 Å². The second-order valence-corrected chi connectivity index (χ2v) is 4.43. The van der Waals surface area contributed by atoms with Gasteiger partial charge in [0.2, 0.25) is 0 Å². The molecule has 3 nitrogen and oxygen atoms in total. The average Bonchev–Trinajstić information content (AvgIpc) is 2.39. The number of methoxy groups -OCH3 is 1. The molecular formula is C14H16O3. The van der Waals surface area contributed by atoms with Crippen LogP contribution in [0.5, 0.6) is 0 Å². The minimum atomic E-state index is -0.202. The Kier molecular flexibility index (Phi) is 3.57. The second kappa shape index (κ2) is 5.13. The summed E-state index contributed by atoms with van der Waals surface area (Å²) < 4.78 is 4.83. The average molecular weight is 232 g/mol. The minimum absolute atomic E-state index is 0.0232. The fraction of sp³-hybridized carbons (Fsp3) is 0.429. The number of carbonyl (C=O) groups excluding carboxylic acids is 2. The molecule has 0 amide bonds. The van der Waals surface area contributed by atoms with Crippen LogP contribution in [-0.4, -0.2) is 18.9 Å². The molecule has 1 aromatic carbocycles. The van der Waals surface area contributed by atoms with E-state index in [0.717, 1.165) is 5.56 Å². The first-order valence-electron chi connectivity index (χ1n) is 5.87. The monoisotopic (exact) mass is 232 g/mol. The van der Waals surface area contributed by atoms with E-state index in [1.165, 1.54) is 7.11 Å². The summed E-state index contributed by atoms with van der Waals surface area (Å²) in [6.45, 7) is 0. The first kappa shape index (κ1) is 11.8. The van der Waals surface area contributed by atoms with Crippen LogP contribution in [0.1, 0.15) is 30.7 Å². The molecule has 0 N–H and O–H groups in total. The molecule has 0 aliphatic heterocycles. The molecule has 2 rings (SSSR count). The van der Waals surface area contributed by atoms with E-state index in [-0.39, 0.29) is 23.6 Å². The van der Waals surface area contributed by atoms with E-state index in [0.29, 0.717) is 19.3 Å². The van der Waals surface area contributed by atoms with E-state index in [1.807, 2.05) is 30.3 Å². The molecule has 1 aromatic rings. The molecule has 0 bridgehead atoms. The molecule has 0 spiro atoms. The lowest BCUT2D eigenvalue weighted by Crippen LogP contribution is -2.30. The van der Waals surface area contributed by atoms with Crippen LogP contribution in [0, 0.1) is 5.92 Å². The van der Waals surface area contributed by atoms with Gasteiger partial charge in [0.05, 0.1) is 13.0 Å². The van der Waals surface area contributed by atoms with E-state index in [1.54, 1.807) is 0 Å². The Labute approximate surface area is 101 Å². The molecule has 90 valence electrons. The number of benzene rings is 1. The van der Waals surface area contributed by atoms with Crippen LogP contribution in [0.25, 0.3) is 0 Å². The van der Waals surface area contributed by atoms with Crippen LogP contribution in [0.2, 0.25) is 0 Å². The standard InChI is InChI=1S/C14H16O3/c1-17-14(16)12-8-7-11(15)9-13(12)10-5-3-2-4-6-10/h2-6,12-13H,7-9H2,1H3. The highest BCUT2D eigenvalue weighted by Crippen LogP contribution is 2.36. The van der Waals surface area contributed by atoms with Crippen molar-refractivity contribution in [2.45, 2.75) is 25.2 Å². The Morgan fingerprint density at radius 2 is 2.00 bits per heavy atom. The van der Waals surface area contributed by atoms with Gasteiger partial charge < -0.3 is 4.74 Å². The molecule has 1 fully saturated rings. The molecule has 17 heavy (non-hydrogen) atoms. The number of carbonyl (C=O) groups is 2. The summed E-state index contributed by atoms with van der Waals surface area (Å²) in [6.07, 6.45) is 1.54. The van der Waals surface area contributed by atoms with E-state index >= 15 is 0 Å². The van der Waals surface area contributed by atoms with Crippen molar-refractivity contribution < 1.29 is 14.3 Å². The van der Waals surface area contributed by atoms with E-state index < -0.39 is 0 Å². The lowest BCUT2D eigenvalue weighted by molar-refractivity contribution is -0.147. The first-order valence-corrected chi connectivity index (χ1v) is 5.87. The fourth-order valence-electron chi connectivity index (χ4n) is 2.49. The fourth-order valence-corrected chi connectivity index (χ4v) is 2.49. The van der Waals surface area contributed by atoms with Crippen molar-refractivity contribution in [1.82, 2.24) is 0 Å². The Morgan fingerprint density at radius 1 is 1.29 bits per heavy atom. The molecule has 1 aliphatic carbocycles. The normalized spacial score (nSPS) is 24.4. The van der Waals surface area contributed by atoms with Crippen molar-refractivity contribution in [3.8, 4) is 0 Å². The van der Waals surface area contributed by atoms with Crippen molar-refractivity contribution in [2.24, 2.45) is 5.92 Å². The van der Waals surface area contributed by atoms with E-state index in [4.69, 9.17) is 4.74 Å². The van der Waals surface area contributed by atoms with Crippen molar-refractivity contribution in [3.05, 3.63) is 35.9 Å². The molecule has 1 saturated carbocycles. The number of Topliss-reactive ketones (excluding diaryl/α,β-unsaturated/α-hetero) is 1. The summed E-state index contributed by atoms with van der Waals surface area (Å²) in [7, 11) is 1.40. The van der Waals surface area contributed by atoms with Crippen molar-refractivity contribution in [2.75, 3.05) is 7.11 Å². The highest BCUT2D eigenvalue weighted by molar-refractivity contribution is 5.84. The van der Waals surface area contributed by atoms with Gasteiger partial charge in [-0.05, 0) is 12.0 Å². The van der Waals surface area contributed by atoms with Crippen LogP contribution in [0.4, 0.5) is 0 Å². The lowest BCUT2D eigenvalue weighted by atomic mass is 9.75. The summed E-state index contributed by atoms with van der Waals surface area (Å²) in [5.41, 5.74) is 1.05. The van der Waals surface area contributed by atoms with Gasteiger partial charge in [-0.15, -0.1) is 0 Å². The second-order valence-electron chi connectivity index (χ2n) is 4.43. The Bertz CT molecular complexity index is 411. The van der Waals surface area contributed by atoms with Gasteiger partial charge in [0.1, 0.15) is 5.78 Å². The number of esters is 1. The highest BCUT2D eigenvalue weighted by Gasteiger charge is 2.35. The third-order valence-electron chi connectivity index (χ3n) is 3.40. The van der Waals surface area contributed by atoms with E-state index in [2.05, 4.69) is 0 Å². The van der Waals surface area contributed by atoms with E-state index in [9.17, 15) is 9.59 Å². The molecule has 0 radical (unpaired) electrons. The summed E-state index contributed by atoms with van der Waals surface area (Å²) >= 11 is 0. The predicted octanol–water partition coefficient (Wildman–Crippen LogP) is 2.31. The van der Waals surface area contributed by atoms with Gasteiger partial charge in [0, 0.05) is 18.8 Å². The van der Waals surface area contributed by atoms with Gasteiger partial charge in [0.25, 0.3) is 0 Å². The molecule has 0 heterocycles. The summed E-state index contributed by atoms with van der Waals surface area (Å²) in [6, 6.07) is 9.74. The van der Waals surface area contributed by atoms with Crippen molar-refractivity contribution in [3.63, 3.8) is 0 Å². The Balaban J connectivity index is 2.26.